The van der Waals surface area contributed by atoms with Crippen molar-refractivity contribution in [3.63, 3.8) is 0 Å². The van der Waals surface area contributed by atoms with Crippen LogP contribution in [-0.2, 0) is 11.2 Å². The molecule has 7 heteroatoms. The molecule has 0 aliphatic carbocycles. The number of rotatable bonds is 3. The maximum absolute atomic E-state index is 12.1. The fraction of sp³-hybridized carbons (Fsp3) is 0.500. The van der Waals surface area contributed by atoms with Gasteiger partial charge in [-0.15, -0.1) is 0 Å². The number of aliphatic hydroxyl groups is 1. The predicted octanol–water partition coefficient (Wildman–Crippen LogP) is 1.09. The van der Waals surface area contributed by atoms with E-state index in [0.29, 0.717) is 37.3 Å². The summed E-state index contributed by atoms with van der Waals surface area (Å²) in [6, 6.07) is 2.96. The van der Waals surface area contributed by atoms with E-state index < -0.39 is 11.6 Å². The maximum atomic E-state index is 12.1. The molecule has 0 radical (unpaired) electrons. The van der Waals surface area contributed by atoms with Gasteiger partial charge in [-0.2, -0.15) is 0 Å². The molecule has 1 aromatic rings. The highest BCUT2D eigenvalue weighted by Crippen LogP contribution is 2.21. The van der Waals surface area contributed by atoms with Crippen molar-refractivity contribution < 1.29 is 19.8 Å². The summed E-state index contributed by atoms with van der Waals surface area (Å²) in [4.78, 5) is 28.2. The van der Waals surface area contributed by atoms with Crippen LogP contribution < -0.4 is 5.32 Å². The topological polar surface area (TPSA) is 103 Å². The van der Waals surface area contributed by atoms with Crippen LogP contribution in [0.4, 0.5) is 10.5 Å². The lowest BCUT2D eigenvalue weighted by Crippen LogP contribution is -2.46. The number of amides is 2. The Bertz CT molecular complexity index is 518. The Labute approximate surface area is 122 Å². The van der Waals surface area contributed by atoms with Crippen LogP contribution >= 0.6 is 0 Å². The standard InChI is InChI=1S/C14H19N3O4/c1-14(21)4-6-17(7-5-14)13(20)16-11-3-2-10(15-9-11)8-12(18)19/h2-3,9,21H,4-8H2,1H3,(H,16,20)(H,18,19). The summed E-state index contributed by atoms with van der Waals surface area (Å²) in [5, 5.41) is 21.2. The van der Waals surface area contributed by atoms with Crippen LogP contribution in [0.5, 0.6) is 0 Å². The fourth-order valence-corrected chi connectivity index (χ4v) is 2.15. The Balaban J connectivity index is 1.89. The van der Waals surface area contributed by atoms with Crippen molar-refractivity contribution in [1.29, 1.82) is 0 Å². The summed E-state index contributed by atoms with van der Waals surface area (Å²) < 4.78 is 0. The number of anilines is 1. The molecule has 2 heterocycles. The summed E-state index contributed by atoms with van der Waals surface area (Å²) in [6.45, 7) is 2.78. The normalized spacial score (nSPS) is 17.3. The van der Waals surface area contributed by atoms with Crippen molar-refractivity contribution in [1.82, 2.24) is 9.88 Å². The summed E-state index contributed by atoms with van der Waals surface area (Å²) in [7, 11) is 0. The van der Waals surface area contributed by atoms with Crippen LogP contribution in [0.25, 0.3) is 0 Å². The maximum Gasteiger partial charge on any atom is 0.321 e. The zero-order valence-electron chi connectivity index (χ0n) is 11.9. The number of urea groups is 1. The molecule has 1 aromatic heterocycles. The van der Waals surface area contributed by atoms with Crippen molar-refractivity contribution in [3.05, 3.63) is 24.0 Å². The lowest BCUT2D eigenvalue weighted by molar-refractivity contribution is -0.136. The van der Waals surface area contributed by atoms with E-state index in [1.807, 2.05) is 0 Å². The van der Waals surface area contributed by atoms with E-state index in [1.54, 1.807) is 24.0 Å². The number of carboxylic acids is 1. The highest BCUT2D eigenvalue weighted by molar-refractivity contribution is 5.89. The van der Waals surface area contributed by atoms with Gasteiger partial charge in [0.05, 0.1) is 29.6 Å². The molecule has 1 aliphatic heterocycles. The molecule has 0 spiro atoms. The lowest BCUT2D eigenvalue weighted by atomic mass is 9.94. The van der Waals surface area contributed by atoms with Crippen LogP contribution in [0.1, 0.15) is 25.5 Å². The molecule has 0 unspecified atom stereocenters. The van der Waals surface area contributed by atoms with Gasteiger partial charge in [0.25, 0.3) is 0 Å². The van der Waals surface area contributed by atoms with Crippen molar-refractivity contribution in [3.8, 4) is 0 Å². The number of carboxylic acid groups (broad SMARTS) is 1. The van der Waals surface area contributed by atoms with E-state index in [1.165, 1.54) is 6.20 Å². The summed E-state index contributed by atoms with van der Waals surface area (Å²) in [5.41, 5.74) is 0.262. The summed E-state index contributed by atoms with van der Waals surface area (Å²) in [5.74, 6) is -0.945. The van der Waals surface area contributed by atoms with Crippen LogP contribution in [0.3, 0.4) is 0 Å². The number of carbonyl (C=O) groups is 2. The fourth-order valence-electron chi connectivity index (χ4n) is 2.15. The molecule has 0 bridgehead atoms. The molecule has 0 atom stereocenters. The van der Waals surface area contributed by atoms with Crippen LogP contribution in [0.15, 0.2) is 18.3 Å². The Kier molecular flexibility index (Phi) is 4.42. The molecule has 114 valence electrons. The number of likely N-dealkylation sites (tertiary alicyclic amines) is 1. The van der Waals surface area contributed by atoms with Gasteiger partial charge in [0.2, 0.25) is 0 Å². The number of nitrogens with zero attached hydrogens (tertiary/aromatic N) is 2. The second kappa shape index (κ2) is 6.09. The molecule has 2 amide bonds. The molecule has 7 nitrogen and oxygen atoms in total. The molecule has 2 rings (SSSR count). The first-order chi connectivity index (χ1) is 9.85. The highest BCUT2D eigenvalue weighted by atomic mass is 16.4. The first-order valence-electron chi connectivity index (χ1n) is 6.81. The van der Waals surface area contributed by atoms with Crippen LogP contribution in [0.2, 0.25) is 0 Å². The third-order valence-corrected chi connectivity index (χ3v) is 3.54. The van der Waals surface area contributed by atoms with Gasteiger partial charge >= 0.3 is 12.0 Å². The number of aromatic nitrogens is 1. The first-order valence-corrected chi connectivity index (χ1v) is 6.81. The largest absolute Gasteiger partial charge is 0.481 e. The number of piperidine rings is 1. The van der Waals surface area contributed by atoms with Gasteiger partial charge in [-0.3, -0.25) is 9.78 Å². The molecule has 0 saturated carbocycles. The molecule has 1 aliphatic rings. The zero-order chi connectivity index (χ0) is 15.5. The average Bonchev–Trinajstić information content (AvgIpc) is 2.40. The summed E-state index contributed by atoms with van der Waals surface area (Å²) in [6.07, 6.45) is 2.40. The Morgan fingerprint density at radius 3 is 2.57 bits per heavy atom. The molecule has 1 saturated heterocycles. The SMILES string of the molecule is CC1(O)CCN(C(=O)Nc2ccc(CC(=O)O)nc2)CC1. The van der Waals surface area contributed by atoms with Gasteiger partial charge in [0.1, 0.15) is 0 Å². The number of pyridine rings is 1. The molecular formula is C14H19N3O4. The minimum atomic E-state index is -0.945. The van der Waals surface area contributed by atoms with E-state index in [2.05, 4.69) is 10.3 Å². The Hall–Kier alpha value is -2.15. The van der Waals surface area contributed by atoms with E-state index in [-0.39, 0.29) is 12.5 Å². The van der Waals surface area contributed by atoms with Crippen molar-refractivity contribution in [2.24, 2.45) is 0 Å². The third-order valence-electron chi connectivity index (χ3n) is 3.54. The number of hydrogen-bond acceptors (Lipinski definition) is 4. The molecule has 21 heavy (non-hydrogen) atoms. The van der Waals surface area contributed by atoms with Crippen molar-refractivity contribution in [2.75, 3.05) is 18.4 Å². The van der Waals surface area contributed by atoms with Gasteiger partial charge in [0.15, 0.2) is 0 Å². The van der Waals surface area contributed by atoms with E-state index in [0.717, 1.165) is 0 Å². The van der Waals surface area contributed by atoms with Gasteiger partial charge in [0, 0.05) is 13.1 Å². The smallest absolute Gasteiger partial charge is 0.321 e. The minimum Gasteiger partial charge on any atom is -0.481 e. The summed E-state index contributed by atoms with van der Waals surface area (Å²) >= 11 is 0. The second-order valence-electron chi connectivity index (χ2n) is 5.52. The molecule has 3 N–H and O–H groups in total. The van der Waals surface area contributed by atoms with Gasteiger partial charge in [-0.05, 0) is 31.9 Å². The van der Waals surface area contributed by atoms with E-state index in [9.17, 15) is 14.7 Å². The average molecular weight is 293 g/mol. The molecule has 1 fully saturated rings. The zero-order valence-corrected chi connectivity index (χ0v) is 11.9. The Morgan fingerprint density at radius 2 is 2.05 bits per heavy atom. The van der Waals surface area contributed by atoms with Crippen LogP contribution in [0, 0.1) is 0 Å². The second-order valence-corrected chi connectivity index (χ2v) is 5.52. The predicted molar refractivity (Wildman–Crippen MR) is 76.0 cm³/mol. The minimum absolute atomic E-state index is 0.143. The van der Waals surface area contributed by atoms with Gasteiger partial charge in [-0.25, -0.2) is 4.79 Å². The molecular weight excluding hydrogens is 274 g/mol. The molecule has 0 aromatic carbocycles. The number of carbonyl (C=O) groups excluding carboxylic acids is 1. The quantitative estimate of drug-likeness (QED) is 0.774. The van der Waals surface area contributed by atoms with E-state index in [4.69, 9.17) is 5.11 Å². The first kappa shape index (κ1) is 15.2. The highest BCUT2D eigenvalue weighted by Gasteiger charge is 2.29. The Morgan fingerprint density at radius 1 is 1.38 bits per heavy atom. The lowest BCUT2D eigenvalue weighted by Gasteiger charge is -2.35. The van der Waals surface area contributed by atoms with Crippen molar-refractivity contribution >= 4 is 17.7 Å². The number of aliphatic carboxylic acids is 1. The van der Waals surface area contributed by atoms with Gasteiger partial charge < -0.3 is 20.4 Å². The number of hydrogen-bond donors (Lipinski definition) is 3. The monoisotopic (exact) mass is 293 g/mol. The third kappa shape index (κ3) is 4.42. The number of nitrogens with one attached hydrogen (secondary N) is 1. The van der Waals surface area contributed by atoms with Gasteiger partial charge in [-0.1, -0.05) is 0 Å². The van der Waals surface area contributed by atoms with Crippen LogP contribution in [-0.4, -0.2) is 50.8 Å². The van der Waals surface area contributed by atoms with E-state index >= 15 is 0 Å². The van der Waals surface area contributed by atoms with Crippen molar-refractivity contribution in [2.45, 2.75) is 31.8 Å².